The van der Waals surface area contributed by atoms with E-state index in [0.29, 0.717) is 18.7 Å². The van der Waals surface area contributed by atoms with Gasteiger partial charge in [0.05, 0.1) is 11.6 Å². The summed E-state index contributed by atoms with van der Waals surface area (Å²) in [7, 11) is 3.32. The number of halogens is 1. The Morgan fingerprint density at radius 1 is 1.22 bits per heavy atom. The molecule has 0 saturated heterocycles. The number of anilines is 1. The van der Waals surface area contributed by atoms with Crippen molar-refractivity contribution in [1.29, 1.82) is 0 Å². The van der Waals surface area contributed by atoms with Gasteiger partial charge in [-0.2, -0.15) is 0 Å². The van der Waals surface area contributed by atoms with Crippen LogP contribution in [0.25, 0.3) is 0 Å². The topological polar surface area (TPSA) is 49.9 Å². The number of carbonyl (C=O) groups excluding carboxylic acids is 2. The molecule has 0 saturated carbocycles. The highest BCUT2D eigenvalue weighted by Gasteiger charge is 2.23. The van der Waals surface area contributed by atoms with Crippen LogP contribution in [0.3, 0.4) is 0 Å². The quantitative estimate of drug-likeness (QED) is 0.695. The summed E-state index contributed by atoms with van der Waals surface area (Å²) in [5.41, 5.74) is 3.65. The van der Waals surface area contributed by atoms with E-state index in [1.807, 2.05) is 17.0 Å². The van der Waals surface area contributed by atoms with E-state index in [0.717, 1.165) is 27.9 Å². The number of fused-ring (bicyclic) bond motifs is 1. The number of rotatable bonds is 4. The molecule has 0 spiro atoms. The van der Waals surface area contributed by atoms with Gasteiger partial charge in [-0.25, -0.2) is 0 Å². The summed E-state index contributed by atoms with van der Waals surface area (Å²) in [4.78, 5) is 27.9. The average Bonchev–Trinajstić information content (AvgIpc) is 2.71. The van der Waals surface area contributed by atoms with Gasteiger partial charge in [-0.3, -0.25) is 9.59 Å². The van der Waals surface area contributed by atoms with E-state index in [1.54, 1.807) is 38.4 Å². The number of hydrogen-bond acceptors (Lipinski definition) is 3. The summed E-state index contributed by atoms with van der Waals surface area (Å²) in [6, 6.07) is 11.1. The van der Waals surface area contributed by atoms with E-state index in [4.69, 9.17) is 4.74 Å². The highest BCUT2D eigenvalue weighted by molar-refractivity contribution is 9.10. The number of hydrogen-bond donors (Lipinski definition) is 0. The zero-order valence-electron chi connectivity index (χ0n) is 15.4. The van der Waals surface area contributed by atoms with E-state index in [1.165, 1.54) is 16.5 Å². The summed E-state index contributed by atoms with van der Waals surface area (Å²) < 4.78 is 6.23. The lowest BCUT2D eigenvalue weighted by Gasteiger charge is -2.29. The summed E-state index contributed by atoms with van der Waals surface area (Å²) >= 11 is 3.51. The predicted molar refractivity (Wildman–Crippen MR) is 109 cm³/mol. The maximum absolute atomic E-state index is 12.9. The lowest BCUT2D eigenvalue weighted by Crippen LogP contribution is -2.36. The number of amides is 2. The molecular weight excluding hydrogens is 408 g/mol. The molecule has 0 atom stereocenters. The van der Waals surface area contributed by atoms with Gasteiger partial charge < -0.3 is 14.5 Å². The fourth-order valence-corrected chi connectivity index (χ4v) is 3.71. The summed E-state index contributed by atoms with van der Waals surface area (Å²) in [5.74, 6) is 0.599. The molecule has 2 aromatic rings. The number of benzene rings is 2. The normalized spacial score (nSPS) is 12.9. The van der Waals surface area contributed by atoms with Crippen LogP contribution in [0.2, 0.25) is 0 Å². The van der Waals surface area contributed by atoms with Crippen LogP contribution in [0, 0.1) is 0 Å². The maximum atomic E-state index is 12.9. The molecule has 140 valence electrons. The first kappa shape index (κ1) is 19.2. The first-order valence-electron chi connectivity index (χ1n) is 8.59. The Bertz CT molecular complexity index is 893. The van der Waals surface area contributed by atoms with E-state index < -0.39 is 0 Å². The van der Waals surface area contributed by atoms with Crippen LogP contribution in [-0.4, -0.2) is 37.4 Å². The fraction of sp³-hybridized carbons (Fsp3) is 0.238. The molecule has 0 aliphatic carbocycles. The molecule has 1 aliphatic heterocycles. The predicted octanol–water partition coefficient (Wildman–Crippen LogP) is 3.81. The lowest BCUT2D eigenvalue weighted by molar-refractivity contribution is -0.113. The average molecular weight is 429 g/mol. The molecular formula is C21H21BrN2O3. The third-order valence-corrected chi connectivity index (χ3v) is 5.40. The molecule has 0 N–H and O–H groups in total. The van der Waals surface area contributed by atoms with Crippen molar-refractivity contribution in [2.24, 2.45) is 0 Å². The van der Waals surface area contributed by atoms with E-state index in [2.05, 4.69) is 22.5 Å². The Kier molecular flexibility index (Phi) is 5.65. The number of nitrogens with zero attached hydrogens (tertiary/aromatic N) is 2. The Labute approximate surface area is 167 Å². The van der Waals surface area contributed by atoms with E-state index in [9.17, 15) is 9.59 Å². The Balaban J connectivity index is 1.76. The molecule has 0 fully saturated rings. The van der Waals surface area contributed by atoms with E-state index >= 15 is 0 Å². The number of methoxy groups -OCH3 is 1. The number of ether oxygens (including phenoxy) is 1. The summed E-state index contributed by atoms with van der Waals surface area (Å²) in [5, 5.41) is 0. The zero-order chi connectivity index (χ0) is 19.6. The van der Waals surface area contributed by atoms with Gasteiger partial charge in [0, 0.05) is 31.4 Å². The molecule has 5 nitrogen and oxygen atoms in total. The minimum atomic E-state index is -0.192. The Morgan fingerprint density at radius 3 is 2.56 bits per heavy atom. The highest BCUT2D eigenvalue weighted by Crippen LogP contribution is 2.32. The first-order chi connectivity index (χ1) is 12.9. The SMILES string of the molecule is C=CC(=O)N(C)c1ccc(C(=O)N2CCc3cc(OC)c(Br)cc3C2)cc1. The molecule has 3 rings (SSSR count). The van der Waals surface area contributed by atoms with Crippen molar-refractivity contribution in [3.63, 3.8) is 0 Å². The van der Waals surface area contributed by atoms with Crippen molar-refractivity contribution in [2.45, 2.75) is 13.0 Å². The van der Waals surface area contributed by atoms with Crippen LogP contribution in [0.15, 0.2) is 53.5 Å². The van der Waals surface area contributed by atoms with Crippen molar-refractivity contribution in [1.82, 2.24) is 4.90 Å². The van der Waals surface area contributed by atoms with Gasteiger partial charge in [-0.15, -0.1) is 0 Å². The van der Waals surface area contributed by atoms with Gasteiger partial charge in [-0.05, 0) is 76.0 Å². The van der Waals surface area contributed by atoms with Crippen molar-refractivity contribution in [3.8, 4) is 5.75 Å². The first-order valence-corrected chi connectivity index (χ1v) is 9.38. The van der Waals surface area contributed by atoms with Gasteiger partial charge in [0.25, 0.3) is 5.91 Å². The number of carbonyl (C=O) groups is 2. The van der Waals surface area contributed by atoms with Gasteiger partial charge in [-0.1, -0.05) is 6.58 Å². The van der Waals surface area contributed by atoms with Gasteiger partial charge in [0.2, 0.25) is 5.91 Å². The van der Waals surface area contributed by atoms with E-state index in [-0.39, 0.29) is 11.8 Å². The third kappa shape index (κ3) is 3.90. The van der Waals surface area contributed by atoms with Crippen LogP contribution in [0.4, 0.5) is 5.69 Å². The van der Waals surface area contributed by atoms with Gasteiger partial charge in [0.15, 0.2) is 0 Å². The van der Waals surface area contributed by atoms with Crippen molar-refractivity contribution >= 4 is 33.4 Å². The second-order valence-corrected chi connectivity index (χ2v) is 7.23. The molecule has 1 aliphatic rings. The Hall–Kier alpha value is -2.60. The van der Waals surface area contributed by atoms with Crippen LogP contribution in [-0.2, 0) is 17.8 Å². The molecule has 1 heterocycles. The highest BCUT2D eigenvalue weighted by atomic mass is 79.9. The van der Waals surface area contributed by atoms with Crippen LogP contribution in [0.5, 0.6) is 5.75 Å². The van der Waals surface area contributed by atoms with Crippen molar-refractivity contribution < 1.29 is 14.3 Å². The minimum Gasteiger partial charge on any atom is -0.496 e. The summed E-state index contributed by atoms with van der Waals surface area (Å²) in [6.07, 6.45) is 2.05. The second-order valence-electron chi connectivity index (χ2n) is 6.38. The standard InChI is InChI=1S/C21H21BrN2O3/c1-4-20(25)23(2)17-7-5-14(6-8-17)21(26)24-10-9-15-12-19(27-3)18(22)11-16(15)13-24/h4-8,11-12H,1,9-10,13H2,2-3H3. The van der Waals surface area contributed by atoms with Gasteiger partial charge >= 0.3 is 0 Å². The lowest BCUT2D eigenvalue weighted by atomic mass is 9.98. The summed E-state index contributed by atoms with van der Waals surface area (Å²) in [6.45, 7) is 4.71. The molecule has 2 amide bonds. The monoisotopic (exact) mass is 428 g/mol. The van der Waals surface area contributed by atoms with Crippen LogP contribution in [0.1, 0.15) is 21.5 Å². The van der Waals surface area contributed by atoms with Crippen molar-refractivity contribution in [2.75, 3.05) is 25.6 Å². The second kappa shape index (κ2) is 7.96. The maximum Gasteiger partial charge on any atom is 0.254 e. The largest absolute Gasteiger partial charge is 0.496 e. The molecule has 2 aromatic carbocycles. The molecule has 0 unspecified atom stereocenters. The smallest absolute Gasteiger partial charge is 0.254 e. The fourth-order valence-electron chi connectivity index (χ4n) is 3.16. The number of likely N-dealkylation sites (N-methyl/N-ethyl adjacent to an activating group) is 1. The van der Waals surface area contributed by atoms with Crippen LogP contribution < -0.4 is 9.64 Å². The third-order valence-electron chi connectivity index (χ3n) is 4.78. The molecule has 0 aromatic heterocycles. The molecule has 0 bridgehead atoms. The van der Waals surface area contributed by atoms with Crippen molar-refractivity contribution in [3.05, 3.63) is 70.2 Å². The van der Waals surface area contributed by atoms with Crippen LogP contribution >= 0.6 is 15.9 Å². The molecule has 27 heavy (non-hydrogen) atoms. The Morgan fingerprint density at radius 2 is 1.93 bits per heavy atom. The van der Waals surface area contributed by atoms with Gasteiger partial charge in [0.1, 0.15) is 5.75 Å². The molecule has 0 radical (unpaired) electrons. The molecule has 6 heteroatoms. The minimum absolute atomic E-state index is 0.0168. The zero-order valence-corrected chi connectivity index (χ0v) is 17.0.